The van der Waals surface area contributed by atoms with Crippen LogP contribution in [0.3, 0.4) is 0 Å². The van der Waals surface area contributed by atoms with Crippen molar-refractivity contribution in [2.24, 2.45) is 11.1 Å². The number of hydrogen-bond donors (Lipinski definition) is 2. The van der Waals surface area contributed by atoms with E-state index in [4.69, 9.17) is 5.73 Å². The van der Waals surface area contributed by atoms with E-state index in [1.807, 2.05) is 13.8 Å². The lowest BCUT2D eigenvalue weighted by molar-refractivity contribution is -0.128. The van der Waals surface area contributed by atoms with Gasteiger partial charge in [0.25, 0.3) is 0 Å². The molecule has 0 saturated carbocycles. The molecule has 0 aliphatic rings. The Bertz CT molecular complexity index is 210. The van der Waals surface area contributed by atoms with Crippen LogP contribution in [0.1, 0.15) is 20.8 Å². The lowest BCUT2D eigenvalue weighted by Crippen LogP contribution is -2.41. The van der Waals surface area contributed by atoms with Gasteiger partial charge in [-0.1, -0.05) is 5.92 Å². The number of hydrogen-bond acceptors (Lipinski definition) is 2. The summed E-state index contributed by atoms with van der Waals surface area (Å²) in [4.78, 5) is 11.3. The maximum absolute atomic E-state index is 11.3. The highest BCUT2D eigenvalue weighted by atomic mass is 16.2. The van der Waals surface area contributed by atoms with Crippen LogP contribution in [0.2, 0.25) is 0 Å². The fourth-order valence-corrected chi connectivity index (χ4v) is 0.545. The smallest absolute Gasteiger partial charge is 0.227 e. The second-order valence-corrected chi connectivity index (χ2v) is 3.20. The molecular formula is C9H16N2O. The molecule has 0 radical (unpaired) electrons. The standard InChI is InChI=1S/C9H16N2O/c1-4-5-6-11-8(12)9(2,3)7-10/h6-7,10H2,1-3H3,(H,11,12). The fraction of sp³-hybridized carbons (Fsp3) is 0.667. The average molecular weight is 168 g/mol. The molecule has 3 heteroatoms. The van der Waals surface area contributed by atoms with Crippen molar-refractivity contribution >= 4 is 5.91 Å². The van der Waals surface area contributed by atoms with E-state index in [9.17, 15) is 4.79 Å². The molecule has 3 N–H and O–H groups in total. The van der Waals surface area contributed by atoms with Gasteiger partial charge in [0.15, 0.2) is 0 Å². The molecule has 0 aliphatic heterocycles. The van der Waals surface area contributed by atoms with Gasteiger partial charge >= 0.3 is 0 Å². The third-order valence-corrected chi connectivity index (χ3v) is 1.64. The molecule has 0 heterocycles. The van der Waals surface area contributed by atoms with Crippen molar-refractivity contribution in [2.75, 3.05) is 13.1 Å². The molecule has 0 aliphatic carbocycles. The quantitative estimate of drug-likeness (QED) is 0.588. The van der Waals surface area contributed by atoms with E-state index >= 15 is 0 Å². The first-order valence-electron chi connectivity index (χ1n) is 3.92. The Morgan fingerprint density at radius 2 is 2.17 bits per heavy atom. The molecule has 3 nitrogen and oxygen atoms in total. The van der Waals surface area contributed by atoms with Gasteiger partial charge in [0.05, 0.1) is 12.0 Å². The van der Waals surface area contributed by atoms with E-state index in [2.05, 4.69) is 17.2 Å². The van der Waals surface area contributed by atoms with Gasteiger partial charge in [0.1, 0.15) is 0 Å². The molecule has 0 saturated heterocycles. The number of carbonyl (C=O) groups excluding carboxylic acids is 1. The number of rotatable bonds is 3. The van der Waals surface area contributed by atoms with Crippen LogP contribution in [-0.4, -0.2) is 19.0 Å². The van der Waals surface area contributed by atoms with Crippen LogP contribution in [0, 0.1) is 17.3 Å². The molecule has 0 rings (SSSR count). The summed E-state index contributed by atoms with van der Waals surface area (Å²) in [6, 6.07) is 0. The first-order valence-corrected chi connectivity index (χ1v) is 3.92. The van der Waals surface area contributed by atoms with E-state index in [0.717, 1.165) is 0 Å². The molecule has 68 valence electrons. The maximum Gasteiger partial charge on any atom is 0.227 e. The van der Waals surface area contributed by atoms with Gasteiger partial charge in [-0.25, -0.2) is 0 Å². The third kappa shape index (κ3) is 3.40. The minimum absolute atomic E-state index is 0.0484. The Morgan fingerprint density at radius 3 is 2.58 bits per heavy atom. The predicted octanol–water partition coefficient (Wildman–Crippen LogP) is 0.111. The highest BCUT2D eigenvalue weighted by Gasteiger charge is 2.24. The normalized spacial score (nSPS) is 10.0. The predicted molar refractivity (Wildman–Crippen MR) is 49.3 cm³/mol. The summed E-state index contributed by atoms with van der Waals surface area (Å²) < 4.78 is 0. The highest BCUT2D eigenvalue weighted by Crippen LogP contribution is 2.11. The van der Waals surface area contributed by atoms with Gasteiger partial charge in [-0.15, -0.1) is 5.92 Å². The zero-order valence-electron chi connectivity index (χ0n) is 7.90. The molecule has 1 amide bonds. The first-order chi connectivity index (χ1) is 5.54. The number of nitrogens with two attached hydrogens (primary N) is 1. The number of nitrogens with one attached hydrogen (secondary N) is 1. The molecule has 0 aromatic carbocycles. The Hall–Kier alpha value is -1.01. The summed E-state index contributed by atoms with van der Waals surface area (Å²) in [5, 5.41) is 2.68. The molecule has 0 fully saturated rings. The van der Waals surface area contributed by atoms with Crippen molar-refractivity contribution in [2.45, 2.75) is 20.8 Å². The average Bonchev–Trinajstić information content (AvgIpc) is 2.05. The summed E-state index contributed by atoms with van der Waals surface area (Å²) >= 11 is 0. The van der Waals surface area contributed by atoms with Crippen molar-refractivity contribution in [3.8, 4) is 11.8 Å². The largest absolute Gasteiger partial charge is 0.345 e. The number of amides is 1. The van der Waals surface area contributed by atoms with Gasteiger partial charge in [0, 0.05) is 6.54 Å². The molecular weight excluding hydrogens is 152 g/mol. The van der Waals surface area contributed by atoms with Crippen molar-refractivity contribution in [3.05, 3.63) is 0 Å². The molecule has 0 spiro atoms. The molecule has 0 bridgehead atoms. The highest BCUT2D eigenvalue weighted by molar-refractivity contribution is 5.82. The van der Waals surface area contributed by atoms with Gasteiger partial charge in [-0.05, 0) is 20.8 Å². The Labute approximate surface area is 73.7 Å². The van der Waals surface area contributed by atoms with Crippen LogP contribution in [0.15, 0.2) is 0 Å². The topological polar surface area (TPSA) is 55.1 Å². The van der Waals surface area contributed by atoms with Gasteiger partial charge in [-0.2, -0.15) is 0 Å². The lowest BCUT2D eigenvalue weighted by Gasteiger charge is -2.20. The van der Waals surface area contributed by atoms with Crippen molar-refractivity contribution in [1.29, 1.82) is 0 Å². The zero-order valence-corrected chi connectivity index (χ0v) is 7.90. The summed E-state index contributed by atoms with van der Waals surface area (Å²) in [6.45, 7) is 6.10. The molecule has 0 unspecified atom stereocenters. The monoisotopic (exact) mass is 168 g/mol. The Kier molecular flexibility index (Phi) is 4.38. The summed E-state index contributed by atoms with van der Waals surface area (Å²) in [5.41, 5.74) is 4.92. The fourth-order valence-electron chi connectivity index (χ4n) is 0.545. The van der Waals surface area contributed by atoms with E-state index in [-0.39, 0.29) is 5.91 Å². The second-order valence-electron chi connectivity index (χ2n) is 3.20. The van der Waals surface area contributed by atoms with Crippen LogP contribution in [0.4, 0.5) is 0 Å². The minimum Gasteiger partial charge on any atom is -0.345 e. The van der Waals surface area contributed by atoms with E-state index in [1.165, 1.54) is 0 Å². The molecule has 12 heavy (non-hydrogen) atoms. The van der Waals surface area contributed by atoms with Crippen molar-refractivity contribution < 1.29 is 4.79 Å². The van der Waals surface area contributed by atoms with E-state index in [0.29, 0.717) is 13.1 Å². The Balaban J connectivity index is 3.93. The summed E-state index contributed by atoms with van der Waals surface area (Å²) in [5.74, 6) is 5.40. The SMILES string of the molecule is CC#CCNC(=O)C(C)(C)CN. The maximum atomic E-state index is 11.3. The van der Waals surface area contributed by atoms with Crippen LogP contribution >= 0.6 is 0 Å². The Morgan fingerprint density at radius 1 is 1.58 bits per heavy atom. The second kappa shape index (κ2) is 4.78. The zero-order chi connectivity index (χ0) is 9.61. The summed E-state index contributed by atoms with van der Waals surface area (Å²) in [6.07, 6.45) is 0. The van der Waals surface area contributed by atoms with Crippen LogP contribution < -0.4 is 11.1 Å². The van der Waals surface area contributed by atoms with Gasteiger partial charge < -0.3 is 11.1 Å². The third-order valence-electron chi connectivity index (χ3n) is 1.64. The van der Waals surface area contributed by atoms with Crippen molar-refractivity contribution in [3.63, 3.8) is 0 Å². The van der Waals surface area contributed by atoms with E-state index < -0.39 is 5.41 Å². The molecule has 0 atom stereocenters. The van der Waals surface area contributed by atoms with Gasteiger partial charge in [-0.3, -0.25) is 4.79 Å². The van der Waals surface area contributed by atoms with Crippen LogP contribution in [0.25, 0.3) is 0 Å². The molecule has 0 aromatic heterocycles. The lowest BCUT2D eigenvalue weighted by atomic mass is 9.93. The number of carbonyl (C=O) groups is 1. The first kappa shape index (κ1) is 11.0. The van der Waals surface area contributed by atoms with Gasteiger partial charge in [0.2, 0.25) is 5.91 Å². The van der Waals surface area contributed by atoms with Crippen LogP contribution in [0.5, 0.6) is 0 Å². The van der Waals surface area contributed by atoms with E-state index in [1.54, 1.807) is 6.92 Å². The molecule has 0 aromatic rings. The van der Waals surface area contributed by atoms with Crippen molar-refractivity contribution in [1.82, 2.24) is 5.32 Å². The van der Waals surface area contributed by atoms with Crippen LogP contribution in [-0.2, 0) is 4.79 Å². The minimum atomic E-state index is -0.491. The summed E-state index contributed by atoms with van der Waals surface area (Å²) in [7, 11) is 0.